The minimum absolute atomic E-state index is 0.150. The van der Waals surface area contributed by atoms with Crippen LogP contribution in [0.1, 0.15) is 30.4 Å². The molecule has 0 spiro atoms. The van der Waals surface area contributed by atoms with Crippen molar-refractivity contribution in [2.75, 3.05) is 13.1 Å². The van der Waals surface area contributed by atoms with Crippen molar-refractivity contribution < 1.29 is 17.9 Å². The molecule has 0 bridgehead atoms. The van der Waals surface area contributed by atoms with E-state index in [-0.39, 0.29) is 11.5 Å². The van der Waals surface area contributed by atoms with Crippen LogP contribution in [-0.4, -0.2) is 30.9 Å². The maximum absolute atomic E-state index is 12.5. The Balaban J connectivity index is 2.47. The van der Waals surface area contributed by atoms with Crippen LogP contribution in [0.25, 0.3) is 0 Å². The highest BCUT2D eigenvalue weighted by atomic mass is 32.2. The SMILES string of the molecule is Cc1oc(C)c(S(=O)(=O)N2CCC(C)C2)c1CO. The molecule has 2 rings (SSSR count). The van der Waals surface area contributed by atoms with Gasteiger partial charge < -0.3 is 9.52 Å². The molecule has 5 nitrogen and oxygen atoms in total. The smallest absolute Gasteiger partial charge is 0.246 e. The maximum Gasteiger partial charge on any atom is 0.246 e. The van der Waals surface area contributed by atoms with Crippen molar-refractivity contribution in [3.05, 3.63) is 17.1 Å². The Morgan fingerprint density at radius 3 is 2.56 bits per heavy atom. The van der Waals surface area contributed by atoms with Gasteiger partial charge in [-0.25, -0.2) is 8.42 Å². The highest BCUT2D eigenvalue weighted by molar-refractivity contribution is 7.89. The van der Waals surface area contributed by atoms with Gasteiger partial charge in [-0.05, 0) is 26.2 Å². The first-order valence-electron chi connectivity index (χ1n) is 6.07. The molecule has 1 N–H and O–H groups in total. The summed E-state index contributed by atoms with van der Waals surface area (Å²) in [7, 11) is -3.54. The maximum atomic E-state index is 12.5. The van der Waals surface area contributed by atoms with E-state index in [0.717, 1.165) is 6.42 Å². The summed E-state index contributed by atoms with van der Waals surface area (Å²) in [6.07, 6.45) is 0.879. The van der Waals surface area contributed by atoms with Crippen LogP contribution in [0.4, 0.5) is 0 Å². The molecule has 1 aromatic rings. The number of furan rings is 1. The summed E-state index contributed by atoms with van der Waals surface area (Å²) in [5.41, 5.74) is 0.382. The summed E-state index contributed by atoms with van der Waals surface area (Å²) < 4.78 is 31.9. The van der Waals surface area contributed by atoms with E-state index in [1.807, 2.05) is 6.92 Å². The van der Waals surface area contributed by atoms with E-state index < -0.39 is 10.0 Å². The average molecular weight is 273 g/mol. The monoisotopic (exact) mass is 273 g/mol. The van der Waals surface area contributed by atoms with Crippen LogP contribution in [0, 0.1) is 19.8 Å². The fourth-order valence-electron chi connectivity index (χ4n) is 2.47. The van der Waals surface area contributed by atoms with Gasteiger partial charge in [-0.1, -0.05) is 6.92 Å². The topological polar surface area (TPSA) is 70.8 Å². The molecule has 0 amide bonds. The van der Waals surface area contributed by atoms with Crippen LogP contribution < -0.4 is 0 Å². The van der Waals surface area contributed by atoms with E-state index in [1.165, 1.54) is 4.31 Å². The molecule has 1 aliphatic heterocycles. The Labute approximate surface area is 107 Å². The summed E-state index contributed by atoms with van der Waals surface area (Å²) in [5.74, 6) is 1.21. The van der Waals surface area contributed by atoms with Gasteiger partial charge in [0.2, 0.25) is 10.0 Å². The Morgan fingerprint density at radius 2 is 2.06 bits per heavy atom. The minimum Gasteiger partial charge on any atom is -0.465 e. The summed E-state index contributed by atoms with van der Waals surface area (Å²) in [6, 6.07) is 0. The number of aliphatic hydroxyl groups excluding tert-OH is 1. The molecule has 1 unspecified atom stereocenters. The molecule has 0 aromatic carbocycles. The lowest BCUT2D eigenvalue weighted by Crippen LogP contribution is -2.29. The standard InChI is InChI=1S/C12H19NO4S/c1-8-4-5-13(6-8)18(15,16)12-10(3)17-9(2)11(12)7-14/h8,14H,4-7H2,1-3H3. The predicted molar refractivity (Wildman–Crippen MR) is 66.6 cm³/mol. The van der Waals surface area contributed by atoms with Gasteiger partial charge in [0.05, 0.1) is 6.61 Å². The molecule has 6 heteroatoms. The number of hydrogen-bond acceptors (Lipinski definition) is 4. The first-order valence-corrected chi connectivity index (χ1v) is 7.51. The van der Waals surface area contributed by atoms with Crippen molar-refractivity contribution >= 4 is 10.0 Å². The molecule has 102 valence electrons. The van der Waals surface area contributed by atoms with E-state index in [9.17, 15) is 13.5 Å². The van der Waals surface area contributed by atoms with E-state index in [4.69, 9.17) is 4.42 Å². The highest BCUT2D eigenvalue weighted by Gasteiger charge is 2.35. The van der Waals surface area contributed by atoms with E-state index in [1.54, 1.807) is 13.8 Å². The third-order valence-corrected chi connectivity index (χ3v) is 5.53. The number of aryl methyl sites for hydroxylation is 2. The molecule has 0 radical (unpaired) electrons. The minimum atomic E-state index is -3.54. The Morgan fingerprint density at radius 1 is 1.39 bits per heavy atom. The van der Waals surface area contributed by atoms with Gasteiger partial charge in [0.25, 0.3) is 0 Å². The molecule has 0 saturated carbocycles. The normalized spacial score (nSPS) is 21.7. The Bertz CT molecular complexity index is 547. The molecule has 0 aliphatic carbocycles. The lowest BCUT2D eigenvalue weighted by Gasteiger charge is -2.16. The second kappa shape index (κ2) is 4.68. The fraction of sp³-hybridized carbons (Fsp3) is 0.667. The van der Waals surface area contributed by atoms with Crippen molar-refractivity contribution in [2.24, 2.45) is 5.92 Å². The van der Waals surface area contributed by atoms with Crippen molar-refractivity contribution in [3.8, 4) is 0 Å². The second-order valence-electron chi connectivity index (χ2n) is 4.94. The first-order chi connectivity index (χ1) is 8.37. The van der Waals surface area contributed by atoms with Gasteiger partial charge in [0, 0.05) is 18.7 Å². The summed E-state index contributed by atoms with van der Waals surface area (Å²) in [5, 5.41) is 9.33. The van der Waals surface area contributed by atoms with Crippen molar-refractivity contribution in [2.45, 2.75) is 38.7 Å². The number of nitrogens with zero attached hydrogens (tertiary/aromatic N) is 1. The average Bonchev–Trinajstić information content (AvgIpc) is 2.82. The van der Waals surface area contributed by atoms with Gasteiger partial charge in [-0.3, -0.25) is 0 Å². The molecule has 1 aliphatic rings. The van der Waals surface area contributed by atoms with Crippen LogP contribution in [-0.2, 0) is 16.6 Å². The fourth-order valence-corrected chi connectivity index (χ4v) is 4.45. The first kappa shape index (κ1) is 13.6. The summed E-state index contributed by atoms with van der Waals surface area (Å²) in [4.78, 5) is 0.150. The number of aliphatic hydroxyl groups is 1. The van der Waals surface area contributed by atoms with Crippen LogP contribution in [0.2, 0.25) is 0 Å². The van der Waals surface area contributed by atoms with Gasteiger partial charge in [0.15, 0.2) is 0 Å². The van der Waals surface area contributed by atoms with E-state index >= 15 is 0 Å². The zero-order chi connectivity index (χ0) is 13.5. The molecule has 1 aromatic heterocycles. The largest absolute Gasteiger partial charge is 0.465 e. The molecule has 18 heavy (non-hydrogen) atoms. The quantitative estimate of drug-likeness (QED) is 0.904. The van der Waals surface area contributed by atoms with Gasteiger partial charge in [-0.2, -0.15) is 4.31 Å². The van der Waals surface area contributed by atoms with Crippen molar-refractivity contribution in [3.63, 3.8) is 0 Å². The van der Waals surface area contributed by atoms with Crippen LogP contribution in [0.5, 0.6) is 0 Å². The number of hydrogen-bond donors (Lipinski definition) is 1. The molecular formula is C12H19NO4S. The van der Waals surface area contributed by atoms with Crippen molar-refractivity contribution in [1.82, 2.24) is 4.31 Å². The van der Waals surface area contributed by atoms with E-state index in [2.05, 4.69) is 0 Å². The predicted octanol–water partition coefficient (Wildman–Crippen LogP) is 1.42. The zero-order valence-electron chi connectivity index (χ0n) is 10.9. The number of rotatable bonds is 3. The van der Waals surface area contributed by atoms with Gasteiger partial charge in [-0.15, -0.1) is 0 Å². The molecular weight excluding hydrogens is 254 g/mol. The second-order valence-corrected chi connectivity index (χ2v) is 6.81. The Kier molecular flexibility index (Phi) is 3.53. The third kappa shape index (κ3) is 2.08. The summed E-state index contributed by atoms with van der Waals surface area (Å²) in [6.45, 7) is 6.09. The van der Waals surface area contributed by atoms with Crippen LogP contribution >= 0.6 is 0 Å². The lowest BCUT2D eigenvalue weighted by molar-refractivity contribution is 0.276. The molecule has 1 atom stereocenters. The third-order valence-electron chi connectivity index (χ3n) is 3.47. The lowest BCUT2D eigenvalue weighted by atomic mass is 10.2. The van der Waals surface area contributed by atoms with Crippen LogP contribution in [0.15, 0.2) is 9.31 Å². The van der Waals surface area contributed by atoms with Crippen molar-refractivity contribution in [1.29, 1.82) is 0 Å². The van der Waals surface area contributed by atoms with Gasteiger partial charge in [0.1, 0.15) is 16.4 Å². The van der Waals surface area contributed by atoms with Crippen LogP contribution in [0.3, 0.4) is 0 Å². The highest BCUT2D eigenvalue weighted by Crippen LogP contribution is 2.31. The van der Waals surface area contributed by atoms with Gasteiger partial charge >= 0.3 is 0 Å². The number of sulfonamides is 1. The molecule has 2 heterocycles. The summed E-state index contributed by atoms with van der Waals surface area (Å²) >= 11 is 0. The Hall–Kier alpha value is -0.850. The molecule has 1 fully saturated rings. The van der Waals surface area contributed by atoms with E-state index in [0.29, 0.717) is 36.1 Å². The molecule has 1 saturated heterocycles. The zero-order valence-corrected chi connectivity index (χ0v) is 11.7.